The largest absolute Gasteiger partial charge is 0.480 e. The van der Waals surface area contributed by atoms with Gasteiger partial charge in [-0.1, -0.05) is 35.0 Å². The fourth-order valence-electron chi connectivity index (χ4n) is 1.35. The molecule has 0 aliphatic carbocycles. The Morgan fingerprint density at radius 2 is 2.07 bits per heavy atom. The molecular formula is C11H14BrNO2. The fourth-order valence-corrected chi connectivity index (χ4v) is 1.61. The van der Waals surface area contributed by atoms with Gasteiger partial charge in [-0.3, -0.25) is 4.79 Å². The molecule has 2 N–H and O–H groups in total. The zero-order chi connectivity index (χ0) is 11.3. The van der Waals surface area contributed by atoms with E-state index >= 15 is 0 Å². The summed E-state index contributed by atoms with van der Waals surface area (Å²) in [6.45, 7) is 2.56. The van der Waals surface area contributed by atoms with Crippen LogP contribution in [0.2, 0.25) is 0 Å². The molecule has 0 heterocycles. The molecule has 0 saturated carbocycles. The summed E-state index contributed by atoms with van der Waals surface area (Å²) in [5.74, 6) is -0.806. The molecule has 0 saturated heterocycles. The first kappa shape index (κ1) is 12.2. The lowest BCUT2D eigenvalue weighted by molar-refractivity contribution is -0.139. The Kier molecular flexibility index (Phi) is 4.78. The Labute approximate surface area is 97.6 Å². The lowest BCUT2D eigenvalue weighted by Crippen LogP contribution is -2.38. The monoisotopic (exact) mass is 271 g/mol. The number of carboxylic acid groups (broad SMARTS) is 1. The Balaban J connectivity index is 2.65. The van der Waals surface area contributed by atoms with Crippen molar-refractivity contribution in [1.82, 2.24) is 5.32 Å². The standard InChI is InChI=1S/C11H14BrNO2/c1-2-13-10(11(14)15)7-8-3-5-9(12)6-4-8/h3-6,10,13H,2,7H2,1H3,(H,14,15). The van der Waals surface area contributed by atoms with Gasteiger partial charge in [-0.15, -0.1) is 0 Å². The summed E-state index contributed by atoms with van der Waals surface area (Å²) >= 11 is 3.34. The average molecular weight is 272 g/mol. The molecule has 0 spiro atoms. The number of nitrogens with one attached hydrogen (secondary N) is 1. The summed E-state index contributed by atoms with van der Waals surface area (Å²) in [5, 5.41) is 11.9. The van der Waals surface area contributed by atoms with E-state index in [2.05, 4.69) is 21.2 Å². The maximum atomic E-state index is 10.9. The maximum Gasteiger partial charge on any atom is 0.321 e. The lowest BCUT2D eigenvalue weighted by atomic mass is 10.1. The highest BCUT2D eigenvalue weighted by atomic mass is 79.9. The van der Waals surface area contributed by atoms with Crippen LogP contribution in [0.3, 0.4) is 0 Å². The van der Waals surface area contributed by atoms with Crippen LogP contribution in [0.15, 0.2) is 28.7 Å². The molecule has 15 heavy (non-hydrogen) atoms. The number of carbonyl (C=O) groups is 1. The Hall–Kier alpha value is -0.870. The van der Waals surface area contributed by atoms with Gasteiger partial charge in [-0.2, -0.15) is 0 Å². The predicted molar refractivity (Wildman–Crippen MR) is 62.9 cm³/mol. The van der Waals surface area contributed by atoms with E-state index < -0.39 is 12.0 Å². The van der Waals surface area contributed by atoms with Crippen LogP contribution in [0.25, 0.3) is 0 Å². The molecule has 3 nitrogen and oxygen atoms in total. The summed E-state index contributed by atoms with van der Waals surface area (Å²) in [5.41, 5.74) is 1.02. The normalized spacial score (nSPS) is 12.4. The SMILES string of the molecule is CCNC(Cc1ccc(Br)cc1)C(=O)O. The van der Waals surface area contributed by atoms with Gasteiger partial charge in [0.25, 0.3) is 0 Å². The van der Waals surface area contributed by atoms with E-state index in [1.165, 1.54) is 0 Å². The van der Waals surface area contributed by atoms with Crippen molar-refractivity contribution in [1.29, 1.82) is 0 Å². The van der Waals surface area contributed by atoms with Crippen molar-refractivity contribution in [3.63, 3.8) is 0 Å². The molecule has 0 bridgehead atoms. The maximum absolute atomic E-state index is 10.9. The number of hydrogen-bond acceptors (Lipinski definition) is 2. The highest BCUT2D eigenvalue weighted by Crippen LogP contribution is 2.11. The number of halogens is 1. The average Bonchev–Trinajstić information content (AvgIpc) is 2.20. The first-order chi connectivity index (χ1) is 7.13. The molecule has 1 unspecified atom stereocenters. The third-order valence-corrected chi connectivity index (χ3v) is 2.63. The van der Waals surface area contributed by atoms with Gasteiger partial charge in [0.15, 0.2) is 0 Å². The highest BCUT2D eigenvalue weighted by molar-refractivity contribution is 9.10. The van der Waals surface area contributed by atoms with E-state index in [1.54, 1.807) is 0 Å². The van der Waals surface area contributed by atoms with Gasteiger partial charge in [-0.05, 0) is 30.7 Å². The quantitative estimate of drug-likeness (QED) is 0.862. The van der Waals surface area contributed by atoms with Crippen molar-refractivity contribution in [3.05, 3.63) is 34.3 Å². The predicted octanol–water partition coefficient (Wildman–Crippen LogP) is 2.05. The number of carboxylic acids is 1. The topological polar surface area (TPSA) is 49.3 Å². The zero-order valence-electron chi connectivity index (χ0n) is 8.53. The van der Waals surface area contributed by atoms with Gasteiger partial charge >= 0.3 is 5.97 Å². The van der Waals surface area contributed by atoms with Gasteiger partial charge in [0, 0.05) is 4.47 Å². The molecule has 1 rings (SSSR count). The van der Waals surface area contributed by atoms with Crippen molar-refractivity contribution in [2.75, 3.05) is 6.54 Å². The number of likely N-dealkylation sites (N-methyl/N-ethyl adjacent to an activating group) is 1. The first-order valence-electron chi connectivity index (χ1n) is 4.84. The van der Waals surface area contributed by atoms with Crippen LogP contribution in [0.4, 0.5) is 0 Å². The summed E-state index contributed by atoms with van der Waals surface area (Å²) in [7, 11) is 0. The van der Waals surface area contributed by atoms with E-state index in [1.807, 2.05) is 31.2 Å². The number of rotatable bonds is 5. The third-order valence-electron chi connectivity index (χ3n) is 2.10. The molecule has 1 atom stereocenters. The van der Waals surface area contributed by atoms with Crippen LogP contribution in [0.1, 0.15) is 12.5 Å². The second kappa shape index (κ2) is 5.88. The fraction of sp³-hybridized carbons (Fsp3) is 0.364. The van der Waals surface area contributed by atoms with Gasteiger partial charge in [0.1, 0.15) is 6.04 Å². The van der Waals surface area contributed by atoms with Crippen LogP contribution in [-0.4, -0.2) is 23.7 Å². The van der Waals surface area contributed by atoms with E-state index in [0.717, 1.165) is 10.0 Å². The van der Waals surface area contributed by atoms with Crippen LogP contribution in [0, 0.1) is 0 Å². The number of aliphatic carboxylic acids is 1. The van der Waals surface area contributed by atoms with Crippen molar-refractivity contribution >= 4 is 21.9 Å². The van der Waals surface area contributed by atoms with Crippen LogP contribution >= 0.6 is 15.9 Å². The molecule has 0 aliphatic rings. The minimum Gasteiger partial charge on any atom is -0.480 e. The molecule has 0 aliphatic heterocycles. The summed E-state index contributed by atoms with van der Waals surface area (Å²) in [4.78, 5) is 10.9. The van der Waals surface area contributed by atoms with Crippen molar-refractivity contribution in [2.24, 2.45) is 0 Å². The number of benzene rings is 1. The van der Waals surface area contributed by atoms with Crippen LogP contribution in [0.5, 0.6) is 0 Å². The van der Waals surface area contributed by atoms with Crippen LogP contribution in [-0.2, 0) is 11.2 Å². The van der Waals surface area contributed by atoms with Crippen molar-refractivity contribution in [2.45, 2.75) is 19.4 Å². The van der Waals surface area contributed by atoms with E-state index in [9.17, 15) is 4.79 Å². The minimum atomic E-state index is -0.806. The molecule has 4 heteroatoms. The summed E-state index contributed by atoms with van der Waals surface area (Å²) in [6, 6.07) is 7.19. The molecule has 0 amide bonds. The summed E-state index contributed by atoms with van der Waals surface area (Å²) < 4.78 is 1.00. The van der Waals surface area contributed by atoms with Crippen molar-refractivity contribution < 1.29 is 9.90 Å². The van der Waals surface area contributed by atoms with Gasteiger partial charge in [0.2, 0.25) is 0 Å². The lowest BCUT2D eigenvalue weighted by Gasteiger charge is -2.12. The minimum absolute atomic E-state index is 0.504. The highest BCUT2D eigenvalue weighted by Gasteiger charge is 2.15. The second-order valence-corrected chi connectivity index (χ2v) is 4.19. The number of hydrogen-bond donors (Lipinski definition) is 2. The van der Waals surface area contributed by atoms with Gasteiger partial charge in [-0.25, -0.2) is 0 Å². The van der Waals surface area contributed by atoms with E-state index in [0.29, 0.717) is 13.0 Å². The van der Waals surface area contributed by atoms with Crippen LogP contribution < -0.4 is 5.32 Å². The first-order valence-corrected chi connectivity index (χ1v) is 5.63. The second-order valence-electron chi connectivity index (χ2n) is 3.28. The Bertz CT molecular complexity index is 324. The van der Waals surface area contributed by atoms with Crippen molar-refractivity contribution in [3.8, 4) is 0 Å². The molecule has 82 valence electrons. The third kappa shape index (κ3) is 4.01. The molecule has 0 fully saturated rings. The molecular weight excluding hydrogens is 258 g/mol. The molecule has 0 aromatic heterocycles. The zero-order valence-corrected chi connectivity index (χ0v) is 10.1. The van der Waals surface area contributed by atoms with Gasteiger partial charge < -0.3 is 10.4 Å². The van der Waals surface area contributed by atoms with Gasteiger partial charge in [0.05, 0.1) is 0 Å². The Morgan fingerprint density at radius 1 is 1.47 bits per heavy atom. The molecule has 1 aromatic carbocycles. The van der Waals surface area contributed by atoms with E-state index in [4.69, 9.17) is 5.11 Å². The summed E-state index contributed by atoms with van der Waals surface area (Å²) in [6.07, 6.45) is 0.510. The smallest absolute Gasteiger partial charge is 0.321 e. The van der Waals surface area contributed by atoms with E-state index in [-0.39, 0.29) is 0 Å². The Morgan fingerprint density at radius 3 is 2.53 bits per heavy atom. The molecule has 1 aromatic rings. The molecule has 0 radical (unpaired) electrons.